The van der Waals surface area contributed by atoms with Crippen molar-refractivity contribution in [3.63, 3.8) is 0 Å². The average molecular weight is 214 g/mol. The van der Waals surface area contributed by atoms with E-state index in [9.17, 15) is 9.59 Å². The first-order valence-corrected chi connectivity index (χ1v) is 5.38. The van der Waals surface area contributed by atoms with Crippen LogP contribution in [0.25, 0.3) is 0 Å². The maximum atomic E-state index is 11.7. The largest absolute Gasteiger partial charge is 0.459 e. The summed E-state index contributed by atoms with van der Waals surface area (Å²) in [6.07, 6.45) is 2.87. The molecule has 1 amide bonds. The molecular formula is C10H18N2O3. The lowest BCUT2D eigenvalue weighted by Crippen LogP contribution is -2.50. The molecule has 5 heteroatoms. The number of hydrogen-bond acceptors (Lipinski definition) is 4. The maximum Gasteiger partial charge on any atom is 0.397 e. The van der Waals surface area contributed by atoms with Gasteiger partial charge in [-0.25, -0.2) is 4.79 Å². The Labute approximate surface area is 89.6 Å². The molecule has 1 atom stereocenters. The molecule has 0 spiro atoms. The Morgan fingerprint density at radius 3 is 2.80 bits per heavy atom. The molecule has 1 unspecified atom stereocenters. The number of nitrogens with zero attached hydrogens (tertiary/aromatic N) is 1. The van der Waals surface area contributed by atoms with Crippen LogP contribution in [-0.2, 0) is 14.3 Å². The van der Waals surface area contributed by atoms with E-state index in [4.69, 9.17) is 5.73 Å². The van der Waals surface area contributed by atoms with Crippen LogP contribution in [0, 0.1) is 0 Å². The number of hydrogen-bond donors (Lipinski definition) is 1. The Morgan fingerprint density at radius 2 is 2.20 bits per heavy atom. The fraction of sp³-hybridized carbons (Fsp3) is 0.800. The molecular weight excluding hydrogens is 196 g/mol. The highest BCUT2D eigenvalue weighted by molar-refractivity contribution is 6.32. The number of rotatable bonds is 2. The third kappa shape index (κ3) is 2.92. The highest BCUT2D eigenvalue weighted by atomic mass is 16.5. The molecule has 2 N–H and O–H groups in total. The number of esters is 1. The smallest absolute Gasteiger partial charge is 0.397 e. The Kier molecular flexibility index (Phi) is 4.55. The minimum Gasteiger partial charge on any atom is -0.459 e. The van der Waals surface area contributed by atoms with Crippen molar-refractivity contribution in [3.8, 4) is 0 Å². The molecule has 0 radical (unpaired) electrons. The van der Waals surface area contributed by atoms with Gasteiger partial charge in [-0.2, -0.15) is 0 Å². The quantitative estimate of drug-likeness (QED) is 0.514. The van der Waals surface area contributed by atoms with E-state index in [1.807, 2.05) is 0 Å². The molecule has 0 bridgehead atoms. The summed E-state index contributed by atoms with van der Waals surface area (Å²) in [6.45, 7) is 2.93. The minimum atomic E-state index is -0.766. The molecule has 0 aromatic carbocycles. The summed E-state index contributed by atoms with van der Waals surface area (Å²) in [5, 5.41) is 0. The van der Waals surface area contributed by atoms with E-state index in [2.05, 4.69) is 4.74 Å². The number of amides is 1. The highest BCUT2D eigenvalue weighted by Gasteiger charge is 2.30. The van der Waals surface area contributed by atoms with Crippen molar-refractivity contribution in [2.75, 3.05) is 19.7 Å². The lowest BCUT2D eigenvalue weighted by atomic mass is 10.0. The van der Waals surface area contributed by atoms with E-state index in [-0.39, 0.29) is 12.6 Å². The van der Waals surface area contributed by atoms with Crippen LogP contribution in [0.1, 0.15) is 26.2 Å². The van der Waals surface area contributed by atoms with Gasteiger partial charge in [0.25, 0.3) is 0 Å². The van der Waals surface area contributed by atoms with Crippen LogP contribution in [0.15, 0.2) is 0 Å². The van der Waals surface area contributed by atoms with Crippen LogP contribution in [0.2, 0.25) is 0 Å². The summed E-state index contributed by atoms with van der Waals surface area (Å²) in [4.78, 5) is 24.4. The Bertz CT molecular complexity index is 243. The zero-order valence-corrected chi connectivity index (χ0v) is 9.07. The van der Waals surface area contributed by atoms with Crippen molar-refractivity contribution in [2.24, 2.45) is 5.73 Å². The van der Waals surface area contributed by atoms with Crippen molar-refractivity contribution in [3.05, 3.63) is 0 Å². The monoisotopic (exact) mass is 214 g/mol. The van der Waals surface area contributed by atoms with E-state index >= 15 is 0 Å². The predicted octanol–water partition coefficient (Wildman–Crippen LogP) is -0.111. The van der Waals surface area contributed by atoms with E-state index in [0.29, 0.717) is 13.1 Å². The summed E-state index contributed by atoms with van der Waals surface area (Å²) in [6, 6.07) is -0.00402. The molecule has 0 aromatic heterocycles. The van der Waals surface area contributed by atoms with Gasteiger partial charge in [-0.1, -0.05) is 0 Å². The summed E-state index contributed by atoms with van der Waals surface area (Å²) >= 11 is 0. The minimum absolute atomic E-state index is 0.00402. The van der Waals surface area contributed by atoms with Gasteiger partial charge < -0.3 is 15.4 Å². The van der Waals surface area contributed by atoms with Crippen molar-refractivity contribution >= 4 is 11.9 Å². The highest BCUT2D eigenvalue weighted by Crippen LogP contribution is 2.16. The molecule has 1 aliphatic heterocycles. The van der Waals surface area contributed by atoms with E-state index < -0.39 is 11.9 Å². The van der Waals surface area contributed by atoms with Gasteiger partial charge in [0.1, 0.15) is 0 Å². The van der Waals surface area contributed by atoms with Crippen LogP contribution in [-0.4, -0.2) is 42.5 Å². The molecule has 5 nitrogen and oxygen atoms in total. The summed E-state index contributed by atoms with van der Waals surface area (Å²) in [5.74, 6) is -1.31. The topological polar surface area (TPSA) is 72.6 Å². The fourth-order valence-electron chi connectivity index (χ4n) is 1.82. The summed E-state index contributed by atoms with van der Waals surface area (Å²) < 4.78 is 4.68. The second kappa shape index (κ2) is 5.70. The van der Waals surface area contributed by atoms with Gasteiger partial charge in [0.15, 0.2) is 0 Å². The Morgan fingerprint density at radius 1 is 1.47 bits per heavy atom. The van der Waals surface area contributed by atoms with Crippen molar-refractivity contribution < 1.29 is 14.3 Å². The van der Waals surface area contributed by atoms with Gasteiger partial charge in [-0.3, -0.25) is 4.79 Å². The molecule has 1 heterocycles. The van der Waals surface area contributed by atoms with E-state index in [1.54, 1.807) is 11.8 Å². The Balaban J connectivity index is 2.59. The van der Waals surface area contributed by atoms with Gasteiger partial charge in [-0.15, -0.1) is 0 Å². The number of piperidine rings is 1. The number of carbonyl (C=O) groups excluding carboxylic acids is 2. The molecule has 0 aliphatic carbocycles. The first-order valence-electron chi connectivity index (χ1n) is 5.38. The molecule has 0 saturated carbocycles. The lowest BCUT2D eigenvalue weighted by molar-refractivity contribution is -0.161. The van der Waals surface area contributed by atoms with Crippen LogP contribution in [0.4, 0.5) is 0 Å². The molecule has 1 fully saturated rings. The van der Waals surface area contributed by atoms with Crippen molar-refractivity contribution in [1.29, 1.82) is 0 Å². The SMILES string of the molecule is CCOC(=O)C(=O)N1CCCCC1CN. The van der Waals surface area contributed by atoms with E-state index in [1.165, 1.54) is 0 Å². The molecule has 1 aliphatic rings. The third-order valence-corrected chi connectivity index (χ3v) is 2.61. The first-order chi connectivity index (χ1) is 7.20. The van der Waals surface area contributed by atoms with Crippen LogP contribution in [0.5, 0.6) is 0 Å². The van der Waals surface area contributed by atoms with Gasteiger partial charge in [0.2, 0.25) is 0 Å². The zero-order valence-electron chi connectivity index (χ0n) is 9.07. The van der Waals surface area contributed by atoms with Gasteiger partial charge in [0, 0.05) is 19.1 Å². The fourth-order valence-corrected chi connectivity index (χ4v) is 1.82. The average Bonchev–Trinajstić information content (AvgIpc) is 2.28. The lowest BCUT2D eigenvalue weighted by Gasteiger charge is -2.34. The van der Waals surface area contributed by atoms with Crippen LogP contribution < -0.4 is 5.73 Å². The molecule has 1 rings (SSSR count). The second-order valence-electron chi connectivity index (χ2n) is 3.60. The Hall–Kier alpha value is -1.10. The first kappa shape index (κ1) is 12.0. The van der Waals surface area contributed by atoms with Crippen molar-refractivity contribution in [2.45, 2.75) is 32.2 Å². The maximum absolute atomic E-state index is 11.7. The van der Waals surface area contributed by atoms with Crippen molar-refractivity contribution in [1.82, 2.24) is 4.90 Å². The zero-order chi connectivity index (χ0) is 11.3. The third-order valence-electron chi connectivity index (χ3n) is 2.61. The second-order valence-corrected chi connectivity index (χ2v) is 3.60. The van der Waals surface area contributed by atoms with Crippen LogP contribution in [0.3, 0.4) is 0 Å². The van der Waals surface area contributed by atoms with E-state index in [0.717, 1.165) is 19.3 Å². The van der Waals surface area contributed by atoms with Gasteiger partial charge >= 0.3 is 11.9 Å². The number of ether oxygens (including phenoxy) is 1. The normalized spacial score (nSPS) is 21.2. The number of likely N-dealkylation sites (tertiary alicyclic amines) is 1. The molecule has 86 valence electrons. The van der Waals surface area contributed by atoms with Gasteiger partial charge in [-0.05, 0) is 26.2 Å². The standard InChI is InChI=1S/C10H18N2O3/c1-2-15-10(14)9(13)12-6-4-3-5-8(12)7-11/h8H,2-7,11H2,1H3. The van der Waals surface area contributed by atoms with Gasteiger partial charge in [0.05, 0.1) is 6.61 Å². The number of nitrogens with two attached hydrogens (primary N) is 1. The molecule has 15 heavy (non-hydrogen) atoms. The molecule has 0 aromatic rings. The predicted molar refractivity (Wildman–Crippen MR) is 55.0 cm³/mol. The number of carbonyl (C=O) groups is 2. The molecule has 1 saturated heterocycles. The summed E-state index contributed by atoms with van der Waals surface area (Å²) in [7, 11) is 0. The summed E-state index contributed by atoms with van der Waals surface area (Å²) in [5.41, 5.74) is 5.56. The van der Waals surface area contributed by atoms with Crippen LogP contribution >= 0.6 is 0 Å².